The molecule has 1 saturated heterocycles. The van der Waals surface area contributed by atoms with Gasteiger partial charge in [-0.15, -0.1) is 0 Å². The molecule has 6 heteroatoms. The van der Waals surface area contributed by atoms with E-state index >= 15 is 4.39 Å². The summed E-state index contributed by atoms with van der Waals surface area (Å²) in [6.45, 7) is 1.86. The van der Waals surface area contributed by atoms with Crippen molar-refractivity contribution in [1.82, 2.24) is 15.0 Å². The van der Waals surface area contributed by atoms with Crippen LogP contribution in [0.4, 0.5) is 8.78 Å². The number of aromatic nitrogens is 2. The molecule has 140 valence electrons. The summed E-state index contributed by atoms with van der Waals surface area (Å²) in [5.74, 6) is 0.333. The van der Waals surface area contributed by atoms with Crippen LogP contribution in [0.1, 0.15) is 35.7 Å². The maximum absolute atomic E-state index is 15.3. The predicted molar refractivity (Wildman–Crippen MR) is 97.2 cm³/mol. The highest BCUT2D eigenvalue weighted by Gasteiger charge is 2.41. The Balaban J connectivity index is 1.37. The van der Waals surface area contributed by atoms with E-state index in [1.54, 1.807) is 12.1 Å². The van der Waals surface area contributed by atoms with Gasteiger partial charge in [-0.25, -0.2) is 8.78 Å². The Morgan fingerprint density at radius 2 is 1.67 bits per heavy atom. The highest BCUT2D eigenvalue weighted by Crippen LogP contribution is 2.36. The summed E-state index contributed by atoms with van der Waals surface area (Å²) in [5.41, 5.74) is 0.499. The van der Waals surface area contributed by atoms with Crippen LogP contribution in [0.5, 0.6) is 0 Å². The molecule has 0 saturated carbocycles. The molecule has 1 aliphatic rings. The first-order valence-corrected chi connectivity index (χ1v) is 9.13. The zero-order valence-electron chi connectivity index (χ0n) is 14.9. The van der Waals surface area contributed by atoms with E-state index in [9.17, 15) is 4.39 Å². The summed E-state index contributed by atoms with van der Waals surface area (Å²) in [5, 5.41) is 3.95. The largest absolute Gasteiger partial charge is 0.336 e. The number of likely N-dealkylation sites (tertiary alicyclic amines) is 1. The van der Waals surface area contributed by atoms with E-state index in [0.29, 0.717) is 44.7 Å². The molecule has 2 aromatic carbocycles. The van der Waals surface area contributed by atoms with Gasteiger partial charge in [-0.2, -0.15) is 4.98 Å². The number of halogens is 2. The first-order valence-electron chi connectivity index (χ1n) is 9.13. The van der Waals surface area contributed by atoms with Crippen LogP contribution in [-0.4, -0.2) is 28.1 Å². The first kappa shape index (κ1) is 17.8. The van der Waals surface area contributed by atoms with Gasteiger partial charge in [-0.3, -0.25) is 4.90 Å². The molecular weight excluding hydrogens is 348 g/mol. The van der Waals surface area contributed by atoms with Gasteiger partial charge in [0, 0.05) is 38.9 Å². The minimum atomic E-state index is -1.58. The van der Waals surface area contributed by atoms with E-state index in [1.807, 2.05) is 30.3 Å². The summed E-state index contributed by atoms with van der Waals surface area (Å²) in [6.07, 6.45) is 1.14. The fraction of sp³-hybridized carbons (Fsp3) is 0.333. The monoisotopic (exact) mass is 369 g/mol. The molecule has 2 heterocycles. The van der Waals surface area contributed by atoms with Crippen molar-refractivity contribution >= 4 is 0 Å². The highest BCUT2D eigenvalue weighted by molar-refractivity contribution is 5.19. The van der Waals surface area contributed by atoms with Crippen LogP contribution in [-0.2, 0) is 18.6 Å². The van der Waals surface area contributed by atoms with Crippen molar-refractivity contribution < 1.29 is 13.3 Å². The fourth-order valence-electron chi connectivity index (χ4n) is 3.41. The average molecular weight is 369 g/mol. The zero-order valence-corrected chi connectivity index (χ0v) is 14.9. The second kappa shape index (κ2) is 7.56. The molecule has 1 aromatic heterocycles. The number of hydrogen-bond acceptors (Lipinski definition) is 4. The summed E-state index contributed by atoms with van der Waals surface area (Å²) in [4.78, 5) is 6.47. The summed E-state index contributed by atoms with van der Waals surface area (Å²) >= 11 is 0. The van der Waals surface area contributed by atoms with E-state index in [-0.39, 0.29) is 11.7 Å². The quantitative estimate of drug-likeness (QED) is 0.674. The van der Waals surface area contributed by atoms with Gasteiger partial charge < -0.3 is 4.52 Å². The number of piperidine rings is 1. The van der Waals surface area contributed by atoms with Gasteiger partial charge in [0.05, 0.1) is 0 Å². The molecule has 0 N–H and O–H groups in total. The molecule has 3 aromatic rings. The van der Waals surface area contributed by atoms with Gasteiger partial charge in [0.2, 0.25) is 0 Å². The molecule has 4 rings (SSSR count). The molecule has 1 fully saturated rings. The van der Waals surface area contributed by atoms with Crippen LogP contribution in [0, 0.1) is 5.82 Å². The maximum Gasteiger partial charge on any atom is 0.264 e. The molecule has 27 heavy (non-hydrogen) atoms. The smallest absolute Gasteiger partial charge is 0.264 e. The third kappa shape index (κ3) is 4.22. The normalized spacial score (nSPS) is 17.1. The van der Waals surface area contributed by atoms with Crippen LogP contribution in [0.15, 0.2) is 59.1 Å². The predicted octanol–water partition coefficient (Wildman–Crippen LogP) is 4.26. The number of hydrogen-bond donors (Lipinski definition) is 0. The second-order valence-electron chi connectivity index (χ2n) is 7.05. The van der Waals surface area contributed by atoms with Crippen molar-refractivity contribution in [3.8, 4) is 0 Å². The Labute approximate surface area is 156 Å². The van der Waals surface area contributed by atoms with Crippen molar-refractivity contribution in [2.75, 3.05) is 13.1 Å². The van der Waals surface area contributed by atoms with Crippen LogP contribution in [0.25, 0.3) is 0 Å². The van der Waals surface area contributed by atoms with Crippen molar-refractivity contribution in [3.63, 3.8) is 0 Å². The second-order valence-corrected chi connectivity index (χ2v) is 7.05. The molecule has 0 bridgehead atoms. The topological polar surface area (TPSA) is 42.2 Å². The minimum absolute atomic E-state index is 0.0786. The number of benzene rings is 2. The van der Waals surface area contributed by atoms with E-state index < -0.39 is 5.67 Å². The fourth-order valence-corrected chi connectivity index (χ4v) is 3.41. The number of alkyl halides is 1. The lowest BCUT2D eigenvalue weighted by atomic mass is 9.93. The summed E-state index contributed by atoms with van der Waals surface area (Å²) in [6, 6.07) is 16.2. The van der Waals surface area contributed by atoms with Gasteiger partial charge in [0.25, 0.3) is 5.89 Å². The minimum Gasteiger partial charge on any atom is -0.336 e. The van der Waals surface area contributed by atoms with Gasteiger partial charge in [-0.1, -0.05) is 47.6 Å². The van der Waals surface area contributed by atoms with Gasteiger partial charge >= 0.3 is 0 Å². The molecule has 0 spiro atoms. The molecule has 0 atom stereocenters. The molecule has 4 nitrogen and oxygen atoms in total. The van der Waals surface area contributed by atoms with E-state index in [0.717, 1.165) is 11.1 Å². The lowest BCUT2D eigenvalue weighted by Crippen LogP contribution is -2.40. The Hall–Kier alpha value is -2.60. The van der Waals surface area contributed by atoms with Crippen LogP contribution in [0.3, 0.4) is 0 Å². The van der Waals surface area contributed by atoms with Crippen molar-refractivity contribution in [2.24, 2.45) is 0 Å². The molecule has 0 radical (unpaired) electrons. The third-order valence-electron chi connectivity index (χ3n) is 5.02. The van der Waals surface area contributed by atoms with Crippen molar-refractivity contribution in [3.05, 3.63) is 83.3 Å². The summed E-state index contributed by atoms with van der Waals surface area (Å²) in [7, 11) is 0. The van der Waals surface area contributed by atoms with Crippen LogP contribution in [0.2, 0.25) is 0 Å². The lowest BCUT2D eigenvalue weighted by Gasteiger charge is -2.34. The Morgan fingerprint density at radius 3 is 2.37 bits per heavy atom. The van der Waals surface area contributed by atoms with Gasteiger partial charge in [0.1, 0.15) is 5.82 Å². The van der Waals surface area contributed by atoms with E-state index in [4.69, 9.17) is 4.52 Å². The molecule has 0 amide bonds. The summed E-state index contributed by atoms with van der Waals surface area (Å²) < 4.78 is 33.6. The Bertz CT molecular complexity index is 872. The molecule has 1 aliphatic heterocycles. The SMILES string of the molecule is Fc1ccc(CN2CCC(F)(c3nc(Cc4ccccc4)no3)CC2)cc1. The van der Waals surface area contributed by atoms with Crippen molar-refractivity contribution in [1.29, 1.82) is 0 Å². The van der Waals surface area contributed by atoms with E-state index in [2.05, 4.69) is 15.0 Å². The average Bonchev–Trinajstić information content (AvgIpc) is 3.16. The molecule has 0 aliphatic carbocycles. The Kier molecular flexibility index (Phi) is 4.99. The van der Waals surface area contributed by atoms with Crippen LogP contribution < -0.4 is 0 Å². The third-order valence-corrected chi connectivity index (χ3v) is 5.02. The standard InChI is InChI=1S/C21H21F2N3O/c22-18-8-6-17(7-9-18)15-26-12-10-21(23,11-13-26)20-24-19(25-27-20)14-16-4-2-1-3-5-16/h1-9H,10-15H2. The van der Waals surface area contributed by atoms with Gasteiger partial charge in [0.15, 0.2) is 11.5 Å². The van der Waals surface area contributed by atoms with Crippen molar-refractivity contribution in [2.45, 2.75) is 31.5 Å². The lowest BCUT2D eigenvalue weighted by molar-refractivity contribution is 0.0250. The molecule has 0 unspecified atom stereocenters. The Morgan fingerprint density at radius 1 is 0.963 bits per heavy atom. The highest BCUT2D eigenvalue weighted by atomic mass is 19.1. The molecular formula is C21H21F2N3O. The van der Waals surface area contributed by atoms with E-state index in [1.165, 1.54) is 12.1 Å². The number of nitrogens with zero attached hydrogens (tertiary/aromatic N) is 3. The van der Waals surface area contributed by atoms with Gasteiger partial charge in [-0.05, 0) is 23.3 Å². The number of rotatable bonds is 5. The first-order chi connectivity index (χ1) is 13.1. The maximum atomic E-state index is 15.3. The van der Waals surface area contributed by atoms with Crippen LogP contribution >= 0.6 is 0 Å². The zero-order chi connectivity index (χ0) is 18.7.